The maximum absolute atomic E-state index is 3.95. The molecule has 0 aliphatic heterocycles. The summed E-state index contributed by atoms with van der Waals surface area (Å²) in [6.45, 7) is 0. The van der Waals surface area contributed by atoms with E-state index in [1.807, 2.05) is 12.3 Å². The Morgan fingerprint density at radius 3 is 2.88 bits per heavy atom. The first-order chi connectivity index (χ1) is 3.93. The fraction of sp³-hybridized carbons (Fsp3) is 0.200. The van der Waals surface area contributed by atoms with Crippen molar-refractivity contribution in [2.45, 2.75) is 5.03 Å². The topological polar surface area (TPSA) is 25.8 Å². The molecule has 3 heteroatoms. The van der Waals surface area contributed by atoms with Crippen molar-refractivity contribution in [2.24, 2.45) is 0 Å². The number of hydrogen-bond acceptors (Lipinski definition) is 3. The highest BCUT2D eigenvalue weighted by atomic mass is 32.2. The average Bonchev–Trinajstić information content (AvgIpc) is 1.90. The second kappa shape index (κ2) is 2.67. The van der Waals surface area contributed by atoms with Crippen LogP contribution in [0.1, 0.15) is 0 Å². The van der Waals surface area contributed by atoms with Crippen molar-refractivity contribution < 1.29 is 0 Å². The van der Waals surface area contributed by atoms with Gasteiger partial charge in [0, 0.05) is 6.20 Å². The molecule has 0 unspecified atom stereocenters. The Bertz CT molecular complexity index is 152. The smallest absolute Gasteiger partial charge is 0.116 e. The van der Waals surface area contributed by atoms with Crippen LogP contribution in [-0.2, 0) is 0 Å². The van der Waals surface area contributed by atoms with E-state index in [2.05, 4.69) is 9.97 Å². The number of thioether (sulfide) groups is 1. The highest BCUT2D eigenvalue weighted by Gasteiger charge is 1.83. The standard InChI is InChI=1S/C5H6N2S/c1-8-5-2-3-6-4-7-5/h2-4H,1H3. The predicted molar refractivity (Wildman–Crippen MR) is 33.8 cm³/mol. The van der Waals surface area contributed by atoms with Crippen molar-refractivity contribution >= 4 is 11.8 Å². The van der Waals surface area contributed by atoms with Gasteiger partial charge >= 0.3 is 0 Å². The van der Waals surface area contributed by atoms with Crippen LogP contribution in [0.2, 0.25) is 0 Å². The van der Waals surface area contributed by atoms with Crippen LogP contribution in [0.25, 0.3) is 0 Å². The van der Waals surface area contributed by atoms with Crippen LogP contribution < -0.4 is 0 Å². The minimum atomic E-state index is 1.01. The molecule has 0 atom stereocenters. The quantitative estimate of drug-likeness (QED) is 0.417. The number of rotatable bonds is 1. The molecule has 0 amide bonds. The molecule has 1 aromatic rings. The third kappa shape index (κ3) is 1.20. The summed E-state index contributed by atoms with van der Waals surface area (Å²) in [4.78, 5) is 7.72. The molecule has 8 heavy (non-hydrogen) atoms. The number of nitrogens with zero attached hydrogens (tertiary/aromatic N) is 2. The van der Waals surface area contributed by atoms with Gasteiger partial charge in [0.15, 0.2) is 0 Å². The Labute approximate surface area is 52.4 Å². The van der Waals surface area contributed by atoms with Crippen LogP contribution >= 0.6 is 11.8 Å². The van der Waals surface area contributed by atoms with Gasteiger partial charge in [-0.3, -0.25) is 0 Å². The largest absolute Gasteiger partial charge is 0.245 e. The van der Waals surface area contributed by atoms with E-state index >= 15 is 0 Å². The molecule has 0 fully saturated rings. The predicted octanol–water partition coefficient (Wildman–Crippen LogP) is 1.20. The highest BCUT2D eigenvalue weighted by molar-refractivity contribution is 7.98. The lowest BCUT2D eigenvalue weighted by Crippen LogP contribution is -1.76. The molecule has 1 aromatic heterocycles. The summed E-state index contributed by atoms with van der Waals surface area (Å²) in [7, 11) is 0. The van der Waals surface area contributed by atoms with Crippen LogP contribution in [-0.4, -0.2) is 16.2 Å². The van der Waals surface area contributed by atoms with Crippen LogP contribution in [0.4, 0.5) is 0 Å². The average molecular weight is 126 g/mol. The fourth-order valence-electron chi connectivity index (χ4n) is 0.399. The lowest BCUT2D eigenvalue weighted by Gasteiger charge is -1.87. The maximum atomic E-state index is 3.95. The third-order valence-corrected chi connectivity index (χ3v) is 1.42. The summed E-state index contributed by atoms with van der Waals surface area (Å²) in [6.07, 6.45) is 5.27. The van der Waals surface area contributed by atoms with Crippen LogP contribution in [0.15, 0.2) is 23.6 Å². The minimum Gasteiger partial charge on any atom is -0.245 e. The molecule has 2 nitrogen and oxygen atoms in total. The van der Waals surface area contributed by atoms with E-state index in [-0.39, 0.29) is 0 Å². The van der Waals surface area contributed by atoms with E-state index < -0.39 is 0 Å². The van der Waals surface area contributed by atoms with Gasteiger partial charge in [-0.25, -0.2) is 9.97 Å². The zero-order valence-corrected chi connectivity index (χ0v) is 5.35. The number of hydrogen-bond donors (Lipinski definition) is 0. The van der Waals surface area contributed by atoms with Crippen molar-refractivity contribution in [3.63, 3.8) is 0 Å². The van der Waals surface area contributed by atoms with E-state index in [4.69, 9.17) is 0 Å². The number of aromatic nitrogens is 2. The molecule has 0 N–H and O–H groups in total. The Balaban J connectivity index is 2.83. The van der Waals surface area contributed by atoms with Crippen molar-refractivity contribution in [1.82, 2.24) is 9.97 Å². The molecule has 1 heterocycles. The second-order valence-electron chi connectivity index (χ2n) is 1.25. The third-order valence-electron chi connectivity index (χ3n) is 0.764. The van der Waals surface area contributed by atoms with E-state index in [1.54, 1.807) is 24.3 Å². The first kappa shape index (κ1) is 5.56. The monoisotopic (exact) mass is 126 g/mol. The van der Waals surface area contributed by atoms with Crippen LogP contribution in [0, 0.1) is 0 Å². The van der Waals surface area contributed by atoms with Gasteiger partial charge in [0.2, 0.25) is 0 Å². The van der Waals surface area contributed by atoms with Gasteiger partial charge in [-0.2, -0.15) is 0 Å². The maximum Gasteiger partial charge on any atom is 0.116 e. The fourth-order valence-corrected chi connectivity index (χ4v) is 0.749. The summed E-state index contributed by atoms with van der Waals surface area (Å²) in [5, 5.41) is 1.01. The highest BCUT2D eigenvalue weighted by Crippen LogP contribution is 2.06. The molecule has 42 valence electrons. The summed E-state index contributed by atoms with van der Waals surface area (Å²) >= 11 is 1.62. The first-order valence-corrected chi connectivity index (χ1v) is 3.46. The molecule has 0 spiro atoms. The van der Waals surface area contributed by atoms with E-state index in [9.17, 15) is 0 Å². The minimum absolute atomic E-state index is 1.01. The first-order valence-electron chi connectivity index (χ1n) is 2.23. The molecule has 0 saturated heterocycles. The van der Waals surface area contributed by atoms with Gasteiger partial charge in [0.25, 0.3) is 0 Å². The summed E-state index contributed by atoms with van der Waals surface area (Å²) < 4.78 is 0. The van der Waals surface area contributed by atoms with Crippen molar-refractivity contribution in [3.05, 3.63) is 18.6 Å². The van der Waals surface area contributed by atoms with Crippen LogP contribution in [0.5, 0.6) is 0 Å². The molecular weight excluding hydrogens is 120 g/mol. The van der Waals surface area contributed by atoms with E-state index in [0.717, 1.165) is 5.03 Å². The zero-order valence-electron chi connectivity index (χ0n) is 4.53. The second-order valence-corrected chi connectivity index (χ2v) is 2.08. The van der Waals surface area contributed by atoms with E-state index in [1.165, 1.54) is 0 Å². The van der Waals surface area contributed by atoms with Gasteiger partial charge in [-0.05, 0) is 12.3 Å². The van der Waals surface area contributed by atoms with Gasteiger partial charge in [-0.15, -0.1) is 11.8 Å². The molecule has 0 aromatic carbocycles. The lowest BCUT2D eigenvalue weighted by molar-refractivity contribution is 1.05. The summed E-state index contributed by atoms with van der Waals surface area (Å²) in [5.41, 5.74) is 0. The molecular formula is C5H6N2S. The van der Waals surface area contributed by atoms with Crippen molar-refractivity contribution in [2.75, 3.05) is 6.26 Å². The van der Waals surface area contributed by atoms with E-state index in [0.29, 0.717) is 0 Å². The van der Waals surface area contributed by atoms with Gasteiger partial charge in [-0.1, -0.05) is 0 Å². The molecule has 0 aliphatic rings. The zero-order chi connectivity index (χ0) is 5.82. The van der Waals surface area contributed by atoms with Crippen LogP contribution in [0.3, 0.4) is 0 Å². The van der Waals surface area contributed by atoms with Crippen molar-refractivity contribution in [3.8, 4) is 0 Å². The summed E-state index contributed by atoms with van der Waals surface area (Å²) in [6, 6.07) is 1.88. The molecule has 0 saturated carbocycles. The van der Waals surface area contributed by atoms with Gasteiger partial charge in [0.1, 0.15) is 6.33 Å². The Hall–Kier alpha value is -0.570. The molecule has 0 aliphatic carbocycles. The summed E-state index contributed by atoms with van der Waals surface area (Å²) in [5.74, 6) is 0. The van der Waals surface area contributed by atoms with Crippen molar-refractivity contribution in [1.29, 1.82) is 0 Å². The van der Waals surface area contributed by atoms with Gasteiger partial charge < -0.3 is 0 Å². The van der Waals surface area contributed by atoms with Gasteiger partial charge in [0.05, 0.1) is 5.03 Å². The lowest BCUT2D eigenvalue weighted by atomic mass is 10.7. The Morgan fingerprint density at radius 2 is 2.50 bits per heavy atom. The molecule has 0 bridgehead atoms. The normalized spacial score (nSPS) is 9.12. The Morgan fingerprint density at radius 1 is 1.62 bits per heavy atom. The molecule has 1 rings (SSSR count). The molecule has 0 radical (unpaired) electrons. The Kier molecular flexibility index (Phi) is 1.86. The SMILES string of the molecule is CSc1ccncn1.